The van der Waals surface area contributed by atoms with Crippen LogP contribution in [0.4, 0.5) is 10.1 Å². The molecule has 2 saturated heterocycles. The first kappa shape index (κ1) is 13.5. The van der Waals surface area contributed by atoms with Gasteiger partial charge in [-0.15, -0.1) is 0 Å². The van der Waals surface area contributed by atoms with Crippen molar-refractivity contribution in [3.63, 3.8) is 0 Å². The average molecular weight is 279 g/mol. The third-order valence-electron chi connectivity index (χ3n) is 4.22. The van der Waals surface area contributed by atoms with Gasteiger partial charge in [-0.3, -0.25) is 15.0 Å². The van der Waals surface area contributed by atoms with Crippen molar-refractivity contribution < 1.29 is 9.31 Å². The normalized spacial score (nSPS) is 26.4. The fraction of sp³-hybridized carbons (Fsp3) is 0.571. The first-order chi connectivity index (χ1) is 9.61. The molecule has 5 nitrogen and oxygen atoms in total. The Morgan fingerprint density at radius 2 is 2.15 bits per heavy atom. The second-order valence-electron chi connectivity index (χ2n) is 5.70. The van der Waals surface area contributed by atoms with Gasteiger partial charge in [0.2, 0.25) is 5.82 Å². The van der Waals surface area contributed by atoms with E-state index >= 15 is 0 Å². The lowest BCUT2D eigenvalue weighted by Crippen LogP contribution is -2.34. The van der Waals surface area contributed by atoms with Crippen molar-refractivity contribution in [3.05, 3.63) is 39.7 Å². The first-order valence-corrected chi connectivity index (χ1v) is 7.03. The Labute approximate surface area is 116 Å². The van der Waals surface area contributed by atoms with E-state index in [1.54, 1.807) is 6.07 Å². The predicted octanol–water partition coefficient (Wildman–Crippen LogP) is 2.06. The fourth-order valence-corrected chi connectivity index (χ4v) is 3.21. The van der Waals surface area contributed by atoms with Crippen LogP contribution in [0.25, 0.3) is 0 Å². The van der Waals surface area contributed by atoms with Crippen molar-refractivity contribution in [3.8, 4) is 0 Å². The molecule has 0 saturated carbocycles. The Bertz CT molecular complexity index is 523. The zero-order valence-corrected chi connectivity index (χ0v) is 11.2. The molecule has 0 amide bonds. The lowest BCUT2D eigenvalue weighted by atomic mass is 10.1. The standard InChI is InChI=1S/C14H18FN3O2/c15-13-7-10(1-4-14(13)18(19)20)8-17-6-5-11-2-3-12(9-17)16-11/h1,4,7,11-12,16H,2-3,5-6,8-9H2. The Kier molecular flexibility index (Phi) is 3.67. The van der Waals surface area contributed by atoms with E-state index in [1.807, 2.05) is 0 Å². The van der Waals surface area contributed by atoms with Gasteiger partial charge in [-0.1, -0.05) is 6.07 Å². The molecular formula is C14H18FN3O2. The highest BCUT2D eigenvalue weighted by Gasteiger charge is 2.29. The molecular weight excluding hydrogens is 261 g/mol. The lowest BCUT2D eigenvalue weighted by Gasteiger charge is -2.23. The van der Waals surface area contributed by atoms with Crippen LogP contribution in [0.1, 0.15) is 24.8 Å². The van der Waals surface area contributed by atoms with Crippen LogP contribution >= 0.6 is 0 Å². The largest absolute Gasteiger partial charge is 0.310 e. The number of hydrogen-bond acceptors (Lipinski definition) is 4. The van der Waals surface area contributed by atoms with Crippen LogP contribution in [0.3, 0.4) is 0 Å². The van der Waals surface area contributed by atoms with E-state index in [2.05, 4.69) is 10.2 Å². The van der Waals surface area contributed by atoms with Gasteiger partial charge in [0.25, 0.3) is 0 Å². The summed E-state index contributed by atoms with van der Waals surface area (Å²) in [6.45, 7) is 2.61. The highest BCUT2D eigenvalue weighted by molar-refractivity contribution is 5.35. The van der Waals surface area contributed by atoms with Crippen LogP contribution in [0, 0.1) is 15.9 Å². The Morgan fingerprint density at radius 1 is 1.35 bits per heavy atom. The SMILES string of the molecule is O=[N+]([O-])c1ccc(CN2CCC3CCC(C2)N3)cc1F. The minimum absolute atomic E-state index is 0.453. The second kappa shape index (κ2) is 5.46. The molecule has 2 bridgehead atoms. The zero-order valence-electron chi connectivity index (χ0n) is 11.2. The van der Waals surface area contributed by atoms with Crippen molar-refractivity contribution in [2.75, 3.05) is 13.1 Å². The molecule has 0 aliphatic carbocycles. The molecule has 20 heavy (non-hydrogen) atoms. The van der Waals surface area contributed by atoms with Crippen molar-refractivity contribution in [2.45, 2.75) is 37.9 Å². The Balaban J connectivity index is 1.68. The fourth-order valence-electron chi connectivity index (χ4n) is 3.21. The van der Waals surface area contributed by atoms with Gasteiger partial charge in [-0.2, -0.15) is 4.39 Å². The third-order valence-corrected chi connectivity index (χ3v) is 4.22. The number of likely N-dealkylation sites (tertiary alicyclic amines) is 1. The number of rotatable bonds is 3. The van der Waals surface area contributed by atoms with Crippen LogP contribution in [0.2, 0.25) is 0 Å². The summed E-state index contributed by atoms with van der Waals surface area (Å²) < 4.78 is 13.6. The number of halogens is 1. The molecule has 2 atom stereocenters. The summed E-state index contributed by atoms with van der Waals surface area (Å²) >= 11 is 0. The van der Waals surface area contributed by atoms with Crippen LogP contribution in [-0.4, -0.2) is 35.0 Å². The van der Waals surface area contributed by atoms with Crippen molar-refractivity contribution in [2.24, 2.45) is 0 Å². The van der Waals surface area contributed by atoms with E-state index in [1.165, 1.54) is 25.0 Å². The maximum absolute atomic E-state index is 13.6. The summed E-state index contributed by atoms with van der Waals surface area (Å²) in [5.74, 6) is -0.748. The number of nitrogens with zero attached hydrogens (tertiary/aromatic N) is 2. The predicted molar refractivity (Wildman–Crippen MR) is 72.9 cm³/mol. The van der Waals surface area contributed by atoms with E-state index in [-0.39, 0.29) is 0 Å². The van der Waals surface area contributed by atoms with Crippen LogP contribution in [0.15, 0.2) is 18.2 Å². The van der Waals surface area contributed by atoms with E-state index in [4.69, 9.17) is 0 Å². The Morgan fingerprint density at radius 3 is 2.90 bits per heavy atom. The van der Waals surface area contributed by atoms with Gasteiger partial charge in [0.1, 0.15) is 0 Å². The molecule has 0 spiro atoms. The summed E-state index contributed by atoms with van der Waals surface area (Å²) in [6, 6.07) is 5.35. The van der Waals surface area contributed by atoms with Crippen LogP contribution < -0.4 is 5.32 Å². The topological polar surface area (TPSA) is 58.4 Å². The van der Waals surface area contributed by atoms with Gasteiger partial charge in [0.15, 0.2) is 0 Å². The minimum Gasteiger partial charge on any atom is -0.310 e. The van der Waals surface area contributed by atoms with Gasteiger partial charge in [0, 0.05) is 37.8 Å². The summed E-state index contributed by atoms with van der Waals surface area (Å²) in [7, 11) is 0. The summed E-state index contributed by atoms with van der Waals surface area (Å²) in [4.78, 5) is 12.2. The van der Waals surface area contributed by atoms with Crippen molar-refractivity contribution in [1.29, 1.82) is 0 Å². The van der Waals surface area contributed by atoms with Gasteiger partial charge >= 0.3 is 5.69 Å². The van der Waals surface area contributed by atoms with Crippen LogP contribution in [-0.2, 0) is 6.54 Å². The molecule has 2 aliphatic rings. The van der Waals surface area contributed by atoms with Crippen LogP contribution in [0.5, 0.6) is 0 Å². The number of nitrogens with one attached hydrogen (secondary N) is 1. The first-order valence-electron chi connectivity index (χ1n) is 7.03. The average Bonchev–Trinajstić information content (AvgIpc) is 2.72. The minimum atomic E-state index is -0.748. The lowest BCUT2D eigenvalue weighted by molar-refractivity contribution is -0.387. The molecule has 108 valence electrons. The molecule has 2 heterocycles. The monoisotopic (exact) mass is 279 g/mol. The molecule has 2 unspecified atom stereocenters. The summed E-state index contributed by atoms with van der Waals surface area (Å²) in [5.41, 5.74) is 0.344. The summed E-state index contributed by atoms with van der Waals surface area (Å²) in [6.07, 6.45) is 3.58. The number of benzene rings is 1. The number of nitro benzene ring substituents is 1. The molecule has 6 heteroatoms. The second-order valence-corrected chi connectivity index (χ2v) is 5.70. The number of fused-ring (bicyclic) bond motifs is 2. The van der Waals surface area contributed by atoms with Crippen molar-refractivity contribution >= 4 is 5.69 Å². The molecule has 2 fully saturated rings. The highest BCUT2D eigenvalue weighted by Crippen LogP contribution is 2.23. The zero-order chi connectivity index (χ0) is 14.1. The summed E-state index contributed by atoms with van der Waals surface area (Å²) in [5, 5.41) is 14.2. The maximum Gasteiger partial charge on any atom is 0.304 e. The quantitative estimate of drug-likeness (QED) is 0.679. The van der Waals surface area contributed by atoms with Gasteiger partial charge in [0.05, 0.1) is 4.92 Å². The molecule has 1 aromatic rings. The molecule has 1 N–H and O–H groups in total. The Hall–Kier alpha value is -1.53. The van der Waals surface area contributed by atoms with Gasteiger partial charge < -0.3 is 5.32 Å². The smallest absolute Gasteiger partial charge is 0.304 e. The van der Waals surface area contributed by atoms with E-state index in [0.717, 1.165) is 25.1 Å². The molecule has 0 aromatic heterocycles. The van der Waals surface area contributed by atoms with Gasteiger partial charge in [-0.05, 0) is 30.9 Å². The number of hydrogen-bond donors (Lipinski definition) is 1. The molecule has 2 aliphatic heterocycles. The molecule has 3 rings (SSSR count). The number of nitro groups is 1. The van der Waals surface area contributed by atoms with E-state index < -0.39 is 16.4 Å². The third kappa shape index (κ3) is 2.81. The molecule has 0 radical (unpaired) electrons. The van der Waals surface area contributed by atoms with E-state index in [9.17, 15) is 14.5 Å². The molecule has 1 aromatic carbocycles. The van der Waals surface area contributed by atoms with Crippen molar-refractivity contribution in [1.82, 2.24) is 10.2 Å². The maximum atomic E-state index is 13.6. The van der Waals surface area contributed by atoms with E-state index in [0.29, 0.717) is 18.6 Å². The highest BCUT2D eigenvalue weighted by atomic mass is 19.1. The van der Waals surface area contributed by atoms with Gasteiger partial charge in [-0.25, -0.2) is 0 Å².